The Morgan fingerprint density at radius 3 is 2.30 bits per heavy atom. The Morgan fingerprint density at radius 1 is 1.09 bits per heavy atom. The topological polar surface area (TPSA) is 91.7 Å². The van der Waals surface area contributed by atoms with E-state index in [1.807, 2.05) is 17.5 Å². The maximum absolute atomic E-state index is 11.3. The van der Waals surface area contributed by atoms with E-state index in [-0.39, 0.29) is 11.5 Å². The molecule has 0 aliphatic rings. The molecular formula is C17H14O5S. The summed E-state index contributed by atoms with van der Waals surface area (Å²) in [6, 6.07) is 7.10. The molecule has 0 saturated carbocycles. The molecule has 0 spiro atoms. The van der Waals surface area contributed by atoms with Gasteiger partial charge in [0.1, 0.15) is 5.76 Å². The molecule has 1 aromatic carbocycles. The van der Waals surface area contributed by atoms with Gasteiger partial charge >= 0.3 is 5.97 Å². The van der Waals surface area contributed by atoms with Gasteiger partial charge in [-0.2, -0.15) is 11.3 Å². The lowest BCUT2D eigenvalue weighted by molar-refractivity contribution is -0.146. The van der Waals surface area contributed by atoms with Gasteiger partial charge in [0.2, 0.25) is 0 Å². The van der Waals surface area contributed by atoms with Crippen LogP contribution in [0.5, 0.6) is 0 Å². The number of carbonyl (C=O) groups excluding carboxylic acids is 2. The number of benzene rings is 1. The van der Waals surface area contributed by atoms with E-state index < -0.39 is 11.8 Å². The van der Waals surface area contributed by atoms with Gasteiger partial charge in [-0.15, -0.1) is 0 Å². The summed E-state index contributed by atoms with van der Waals surface area (Å²) >= 11 is 1.34. The third kappa shape index (κ3) is 4.14. The minimum absolute atomic E-state index is 0.0134. The van der Waals surface area contributed by atoms with Gasteiger partial charge in [0.15, 0.2) is 5.78 Å². The average molecular weight is 330 g/mol. The first-order chi connectivity index (χ1) is 10.9. The van der Waals surface area contributed by atoms with Crippen molar-refractivity contribution in [2.45, 2.75) is 13.3 Å². The Kier molecular flexibility index (Phi) is 5.08. The van der Waals surface area contributed by atoms with Crippen LogP contribution in [0.15, 0.2) is 41.1 Å². The fraction of sp³-hybridized carbons (Fsp3) is 0.118. The van der Waals surface area contributed by atoms with Crippen molar-refractivity contribution in [3.8, 4) is 0 Å². The van der Waals surface area contributed by atoms with Gasteiger partial charge < -0.3 is 10.2 Å². The van der Waals surface area contributed by atoms with Gasteiger partial charge in [-0.25, -0.2) is 4.79 Å². The van der Waals surface area contributed by atoms with Crippen LogP contribution in [0.4, 0.5) is 0 Å². The van der Waals surface area contributed by atoms with Crippen molar-refractivity contribution in [3.05, 3.63) is 63.4 Å². The Hall–Kier alpha value is -2.73. The molecule has 23 heavy (non-hydrogen) atoms. The molecule has 2 aromatic rings. The van der Waals surface area contributed by atoms with Crippen molar-refractivity contribution >= 4 is 34.6 Å². The molecule has 0 radical (unpaired) electrons. The maximum atomic E-state index is 11.3. The van der Waals surface area contributed by atoms with Crippen LogP contribution >= 0.6 is 11.3 Å². The zero-order valence-corrected chi connectivity index (χ0v) is 13.1. The minimum Gasteiger partial charge on any atom is -0.507 e. The zero-order valence-electron chi connectivity index (χ0n) is 12.3. The van der Waals surface area contributed by atoms with Crippen LogP contribution in [0.1, 0.15) is 34.0 Å². The van der Waals surface area contributed by atoms with Crippen molar-refractivity contribution in [1.29, 1.82) is 0 Å². The van der Waals surface area contributed by atoms with E-state index in [1.165, 1.54) is 18.3 Å². The third-order valence-electron chi connectivity index (χ3n) is 3.25. The van der Waals surface area contributed by atoms with Gasteiger partial charge in [0.05, 0.1) is 0 Å². The van der Waals surface area contributed by atoms with Gasteiger partial charge in [-0.05, 0) is 29.9 Å². The molecule has 2 N–H and O–H groups in total. The summed E-state index contributed by atoms with van der Waals surface area (Å²) in [6.07, 6.45) is 1.20. The largest absolute Gasteiger partial charge is 0.507 e. The van der Waals surface area contributed by atoms with E-state index in [0.717, 1.165) is 11.1 Å². The summed E-state index contributed by atoms with van der Waals surface area (Å²) < 4.78 is 0. The second-order valence-electron chi connectivity index (χ2n) is 4.94. The van der Waals surface area contributed by atoms with Crippen molar-refractivity contribution < 1.29 is 24.6 Å². The molecule has 0 atom stereocenters. The minimum atomic E-state index is -1.62. The SMILES string of the molecule is CC(=O)c1ccc(Cc2cscc2C(O)=CC(=O)C(=O)O)cc1. The lowest BCUT2D eigenvalue weighted by Gasteiger charge is -2.05. The predicted molar refractivity (Wildman–Crippen MR) is 86.8 cm³/mol. The van der Waals surface area contributed by atoms with Crippen LogP contribution in [-0.4, -0.2) is 27.7 Å². The number of carboxylic acid groups (broad SMARTS) is 1. The molecule has 0 aliphatic heterocycles. The average Bonchev–Trinajstić information content (AvgIpc) is 2.95. The van der Waals surface area contributed by atoms with Gasteiger partial charge in [0, 0.05) is 22.6 Å². The van der Waals surface area contributed by atoms with Crippen molar-refractivity contribution in [2.24, 2.45) is 0 Å². The molecule has 0 fully saturated rings. The van der Waals surface area contributed by atoms with Gasteiger partial charge in [-0.3, -0.25) is 9.59 Å². The Labute approximate surface area is 136 Å². The van der Waals surface area contributed by atoms with Gasteiger partial charge in [-0.1, -0.05) is 24.3 Å². The first-order valence-electron chi connectivity index (χ1n) is 6.71. The van der Waals surface area contributed by atoms with E-state index in [2.05, 4.69) is 0 Å². The number of ketones is 2. The highest BCUT2D eigenvalue weighted by Gasteiger charge is 2.14. The molecule has 5 nitrogen and oxygen atoms in total. The van der Waals surface area contributed by atoms with Crippen molar-refractivity contribution in [3.63, 3.8) is 0 Å². The molecule has 1 heterocycles. The fourth-order valence-electron chi connectivity index (χ4n) is 2.03. The normalized spacial score (nSPS) is 11.3. The van der Waals surface area contributed by atoms with Crippen molar-refractivity contribution in [2.75, 3.05) is 0 Å². The molecule has 0 amide bonds. The monoisotopic (exact) mass is 330 g/mol. The summed E-state index contributed by atoms with van der Waals surface area (Å²) in [5.74, 6) is -3.17. The van der Waals surface area contributed by atoms with Crippen LogP contribution in [-0.2, 0) is 16.0 Å². The number of aliphatic hydroxyl groups excluding tert-OH is 1. The van der Waals surface area contributed by atoms with Crippen LogP contribution in [0.25, 0.3) is 5.76 Å². The lowest BCUT2D eigenvalue weighted by atomic mass is 10.0. The highest BCUT2D eigenvalue weighted by Crippen LogP contribution is 2.24. The summed E-state index contributed by atoms with van der Waals surface area (Å²) in [4.78, 5) is 32.9. The number of hydrogen-bond acceptors (Lipinski definition) is 5. The van der Waals surface area contributed by atoms with Crippen LogP contribution in [0.2, 0.25) is 0 Å². The Balaban J connectivity index is 2.22. The number of hydrogen-bond donors (Lipinski definition) is 2. The van der Waals surface area contributed by atoms with E-state index in [1.54, 1.807) is 17.5 Å². The maximum Gasteiger partial charge on any atom is 0.376 e. The number of carboxylic acids is 1. The zero-order chi connectivity index (χ0) is 17.0. The van der Waals surface area contributed by atoms with Crippen LogP contribution < -0.4 is 0 Å². The summed E-state index contributed by atoms with van der Waals surface area (Å²) in [6.45, 7) is 1.49. The molecule has 0 aliphatic carbocycles. The molecular weight excluding hydrogens is 316 g/mol. The summed E-state index contributed by atoms with van der Waals surface area (Å²) in [5, 5.41) is 22.0. The second-order valence-corrected chi connectivity index (χ2v) is 5.68. The second kappa shape index (κ2) is 7.02. The number of aliphatic hydroxyl groups is 1. The number of aliphatic carboxylic acids is 1. The third-order valence-corrected chi connectivity index (χ3v) is 4.04. The molecule has 1 aromatic heterocycles. The van der Waals surface area contributed by atoms with E-state index >= 15 is 0 Å². The smallest absolute Gasteiger partial charge is 0.376 e. The van der Waals surface area contributed by atoms with E-state index in [0.29, 0.717) is 23.6 Å². The highest BCUT2D eigenvalue weighted by molar-refractivity contribution is 7.08. The van der Waals surface area contributed by atoms with Gasteiger partial charge in [0.25, 0.3) is 5.78 Å². The molecule has 2 rings (SSSR count). The number of thiophene rings is 1. The molecule has 0 unspecified atom stereocenters. The summed E-state index contributed by atoms with van der Waals surface area (Å²) in [7, 11) is 0. The molecule has 118 valence electrons. The number of carbonyl (C=O) groups is 3. The van der Waals surface area contributed by atoms with Crippen LogP contribution in [0.3, 0.4) is 0 Å². The first kappa shape index (κ1) is 16.6. The standard InChI is InChI=1S/C17H14O5S/c1-10(18)12-4-2-11(3-5-12)6-13-8-23-9-14(13)15(19)7-16(20)17(21)22/h2-5,7-9,19H,6H2,1H3,(H,21,22). The number of Topliss-reactive ketones (excluding diaryl/α,β-unsaturated/α-hetero) is 1. The van der Waals surface area contributed by atoms with Crippen molar-refractivity contribution in [1.82, 2.24) is 0 Å². The highest BCUT2D eigenvalue weighted by atomic mass is 32.1. The predicted octanol–water partition coefficient (Wildman–Crippen LogP) is 3.09. The quantitative estimate of drug-likeness (QED) is 0.367. The van der Waals surface area contributed by atoms with E-state index in [9.17, 15) is 19.5 Å². The number of rotatable bonds is 6. The Morgan fingerprint density at radius 2 is 1.74 bits per heavy atom. The fourth-order valence-corrected chi connectivity index (χ4v) is 2.88. The Bertz CT molecular complexity index is 784. The van der Waals surface area contributed by atoms with Crippen LogP contribution in [0, 0.1) is 0 Å². The lowest BCUT2D eigenvalue weighted by Crippen LogP contribution is -2.09. The molecule has 6 heteroatoms. The van der Waals surface area contributed by atoms with E-state index in [4.69, 9.17) is 5.11 Å². The molecule has 0 saturated heterocycles. The molecule has 0 bridgehead atoms. The summed E-state index contributed by atoms with van der Waals surface area (Å²) in [5.41, 5.74) is 2.76. The first-order valence-corrected chi connectivity index (χ1v) is 7.66.